The highest BCUT2D eigenvalue weighted by atomic mass is 16.5. The van der Waals surface area contributed by atoms with Crippen molar-refractivity contribution < 1.29 is 19.0 Å². The number of carbonyl (C=O) groups excluding carboxylic acids is 1. The number of aromatic nitrogens is 2. The van der Waals surface area contributed by atoms with E-state index in [1.807, 2.05) is 0 Å². The molecule has 0 aliphatic rings. The van der Waals surface area contributed by atoms with Gasteiger partial charge in [0, 0.05) is 35.3 Å². The number of nitrogens with zero attached hydrogens (tertiary/aromatic N) is 2. The molecule has 162 valence electrons. The topological polar surface area (TPSA) is 91.7 Å². The number of nitrogens with one attached hydrogen (secondary N) is 1. The van der Waals surface area contributed by atoms with Gasteiger partial charge in [-0.25, -0.2) is 0 Å². The molecule has 32 heavy (non-hydrogen) atoms. The molecule has 0 atom stereocenters. The maximum atomic E-state index is 13.2. The minimum absolute atomic E-state index is 0.102. The van der Waals surface area contributed by atoms with Gasteiger partial charge in [0.2, 0.25) is 0 Å². The Balaban J connectivity index is 1.87. The van der Waals surface area contributed by atoms with E-state index < -0.39 is 5.91 Å². The Bertz CT molecular complexity index is 1340. The molecule has 8 heteroatoms. The van der Waals surface area contributed by atoms with Gasteiger partial charge in [-0.15, -0.1) is 0 Å². The molecule has 1 N–H and O–H groups in total. The van der Waals surface area contributed by atoms with Crippen molar-refractivity contribution >= 4 is 22.4 Å². The summed E-state index contributed by atoms with van der Waals surface area (Å²) in [6.45, 7) is 0. The summed E-state index contributed by atoms with van der Waals surface area (Å²) in [7, 11) is 4.58. The molecule has 8 nitrogen and oxygen atoms in total. The number of ether oxygens (including phenoxy) is 3. The normalized spacial score (nSPS) is 10.6. The number of fused-ring (bicyclic) bond motifs is 1. The molecule has 4 rings (SSSR count). The smallest absolute Gasteiger partial charge is 0.279 e. The number of rotatable bonds is 6. The lowest BCUT2D eigenvalue weighted by Gasteiger charge is -2.13. The second-order valence-corrected chi connectivity index (χ2v) is 6.87. The Morgan fingerprint density at radius 2 is 1.47 bits per heavy atom. The summed E-state index contributed by atoms with van der Waals surface area (Å²) < 4.78 is 17.0. The number of hydrogen-bond acceptors (Lipinski definition) is 6. The average Bonchev–Trinajstić information content (AvgIpc) is 2.84. The van der Waals surface area contributed by atoms with Gasteiger partial charge in [0.1, 0.15) is 17.2 Å². The summed E-state index contributed by atoms with van der Waals surface area (Å²) in [5.41, 5.74) is 0.687. The maximum Gasteiger partial charge on any atom is 0.279 e. The van der Waals surface area contributed by atoms with Crippen molar-refractivity contribution in [3.05, 3.63) is 82.8 Å². The van der Waals surface area contributed by atoms with E-state index in [4.69, 9.17) is 14.2 Å². The Labute approximate surface area is 184 Å². The first-order valence-corrected chi connectivity index (χ1v) is 9.75. The molecule has 0 saturated heterocycles. The van der Waals surface area contributed by atoms with Gasteiger partial charge in [0.15, 0.2) is 5.69 Å². The Morgan fingerprint density at radius 3 is 2.12 bits per heavy atom. The van der Waals surface area contributed by atoms with Crippen LogP contribution in [0.5, 0.6) is 17.2 Å². The second-order valence-electron chi connectivity index (χ2n) is 6.87. The van der Waals surface area contributed by atoms with Gasteiger partial charge >= 0.3 is 0 Å². The summed E-state index contributed by atoms with van der Waals surface area (Å²) >= 11 is 0. The van der Waals surface area contributed by atoms with Gasteiger partial charge < -0.3 is 19.5 Å². The lowest BCUT2D eigenvalue weighted by Crippen LogP contribution is -2.26. The van der Waals surface area contributed by atoms with Crippen LogP contribution >= 0.6 is 0 Å². The lowest BCUT2D eigenvalue weighted by molar-refractivity contribution is 0.102. The van der Waals surface area contributed by atoms with E-state index in [-0.39, 0.29) is 11.3 Å². The fourth-order valence-electron chi connectivity index (χ4n) is 3.34. The molecule has 0 bridgehead atoms. The van der Waals surface area contributed by atoms with Gasteiger partial charge in [-0.05, 0) is 18.2 Å². The summed E-state index contributed by atoms with van der Waals surface area (Å²) in [6, 6.07) is 18.8. The third kappa shape index (κ3) is 3.98. The fraction of sp³-hybridized carbons (Fsp3) is 0.125. The molecular formula is C24H21N3O5. The molecule has 4 aromatic rings. The molecule has 0 aliphatic heterocycles. The number of methoxy groups -OCH3 is 3. The zero-order valence-corrected chi connectivity index (χ0v) is 17.8. The van der Waals surface area contributed by atoms with E-state index in [1.165, 1.54) is 18.9 Å². The van der Waals surface area contributed by atoms with Crippen molar-refractivity contribution in [2.75, 3.05) is 26.6 Å². The highest BCUT2D eigenvalue weighted by Gasteiger charge is 2.18. The number of anilines is 1. The number of hydrogen-bond donors (Lipinski definition) is 1. The quantitative estimate of drug-likeness (QED) is 0.501. The van der Waals surface area contributed by atoms with E-state index in [9.17, 15) is 9.59 Å². The molecule has 0 radical (unpaired) electrons. The number of amides is 1. The first kappa shape index (κ1) is 20.9. The molecule has 1 aromatic heterocycles. The zero-order chi connectivity index (χ0) is 22.7. The first-order valence-electron chi connectivity index (χ1n) is 9.75. The summed E-state index contributed by atoms with van der Waals surface area (Å²) in [4.78, 5) is 26.4. The number of benzene rings is 3. The largest absolute Gasteiger partial charge is 0.497 e. The van der Waals surface area contributed by atoms with Gasteiger partial charge in [0.05, 0.1) is 32.4 Å². The van der Waals surface area contributed by atoms with Gasteiger partial charge in [-0.2, -0.15) is 9.78 Å². The van der Waals surface area contributed by atoms with Crippen molar-refractivity contribution in [2.45, 2.75) is 0 Å². The predicted octanol–water partition coefficient (Wildman–Crippen LogP) is 3.66. The van der Waals surface area contributed by atoms with Crippen molar-refractivity contribution in [2.24, 2.45) is 0 Å². The van der Waals surface area contributed by atoms with Crippen LogP contribution in [0, 0.1) is 0 Å². The number of carbonyl (C=O) groups is 1. The van der Waals surface area contributed by atoms with Crippen LogP contribution in [0.2, 0.25) is 0 Å². The van der Waals surface area contributed by atoms with Crippen LogP contribution in [-0.2, 0) is 0 Å². The fourth-order valence-corrected chi connectivity index (χ4v) is 3.34. The molecule has 1 heterocycles. The second kappa shape index (κ2) is 8.81. The molecule has 3 aromatic carbocycles. The standard InChI is InChI=1S/C24H21N3O5/c1-30-17-8-6-7-15(11-17)25-23(28)22-20-9-4-5-10-21(20)24(29)27(26-22)16-12-18(31-2)14-19(13-16)32-3/h4-14H,1-3H3,(H,25,28). The van der Waals surface area contributed by atoms with Crippen molar-refractivity contribution in [3.63, 3.8) is 0 Å². The van der Waals surface area contributed by atoms with Crippen molar-refractivity contribution in [3.8, 4) is 22.9 Å². The minimum Gasteiger partial charge on any atom is -0.497 e. The first-order chi connectivity index (χ1) is 15.5. The third-order valence-electron chi connectivity index (χ3n) is 4.93. The molecule has 1 amide bonds. The van der Waals surface area contributed by atoms with Crippen LogP contribution in [0.1, 0.15) is 10.5 Å². The van der Waals surface area contributed by atoms with Crippen LogP contribution in [0.15, 0.2) is 71.5 Å². The van der Waals surface area contributed by atoms with E-state index in [2.05, 4.69) is 10.4 Å². The van der Waals surface area contributed by atoms with Gasteiger partial charge in [-0.1, -0.05) is 24.3 Å². The van der Waals surface area contributed by atoms with Gasteiger partial charge in [-0.3, -0.25) is 9.59 Å². The summed E-state index contributed by atoms with van der Waals surface area (Å²) in [5, 5.41) is 8.04. The van der Waals surface area contributed by atoms with Crippen LogP contribution in [0.3, 0.4) is 0 Å². The van der Waals surface area contributed by atoms with Crippen LogP contribution in [0.25, 0.3) is 16.5 Å². The van der Waals surface area contributed by atoms with E-state index in [0.29, 0.717) is 39.4 Å². The monoisotopic (exact) mass is 431 g/mol. The highest BCUT2D eigenvalue weighted by Crippen LogP contribution is 2.25. The molecule has 0 spiro atoms. The Morgan fingerprint density at radius 1 is 0.812 bits per heavy atom. The SMILES string of the molecule is COc1cccc(NC(=O)c2nn(-c3cc(OC)cc(OC)c3)c(=O)c3ccccc23)c1. The maximum absolute atomic E-state index is 13.2. The van der Waals surface area contributed by atoms with Crippen LogP contribution < -0.4 is 25.1 Å². The van der Waals surface area contributed by atoms with E-state index in [0.717, 1.165) is 0 Å². The zero-order valence-electron chi connectivity index (χ0n) is 17.8. The highest BCUT2D eigenvalue weighted by molar-refractivity contribution is 6.11. The summed E-state index contributed by atoms with van der Waals surface area (Å²) in [5.74, 6) is 1.12. The van der Waals surface area contributed by atoms with Crippen LogP contribution in [-0.4, -0.2) is 37.0 Å². The lowest BCUT2D eigenvalue weighted by atomic mass is 10.1. The predicted molar refractivity (Wildman–Crippen MR) is 121 cm³/mol. The minimum atomic E-state index is -0.460. The molecule has 0 aliphatic carbocycles. The average molecular weight is 431 g/mol. The molecule has 0 fully saturated rings. The summed E-state index contributed by atoms with van der Waals surface area (Å²) in [6.07, 6.45) is 0. The Hall–Kier alpha value is -4.33. The van der Waals surface area contributed by atoms with E-state index >= 15 is 0 Å². The molecule has 0 saturated carbocycles. The Kier molecular flexibility index (Phi) is 5.76. The van der Waals surface area contributed by atoms with E-state index in [1.54, 1.807) is 73.8 Å². The molecular weight excluding hydrogens is 410 g/mol. The third-order valence-corrected chi connectivity index (χ3v) is 4.93. The van der Waals surface area contributed by atoms with Gasteiger partial charge in [0.25, 0.3) is 11.5 Å². The van der Waals surface area contributed by atoms with Crippen molar-refractivity contribution in [1.82, 2.24) is 9.78 Å². The molecule has 0 unspecified atom stereocenters. The van der Waals surface area contributed by atoms with Crippen LogP contribution in [0.4, 0.5) is 5.69 Å². The van der Waals surface area contributed by atoms with Crippen molar-refractivity contribution in [1.29, 1.82) is 0 Å².